The second kappa shape index (κ2) is 13.0. The van der Waals surface area contributed by atoms with Crippen LogP contribution in [0, 0.1) is 0 Å². The molecule has 9 aromatic rings. The van der Waals surface area contributed by atoms with Crippen molar-refractivity contribution in [3.05, 3.63) is 145 Å². The van der Waals surface area contributed by atoms with Gasteiger partial charge in [-0.2, -0.15) is 0 Å². The van der Waals surface area contributed by atoms with Crippen molar-refractivity contribution >= 4 is 76.9 Å². The molecule has 1 heterocycles. The second-order valence-electron chi connectivity index (χ2n) is 16.0. The van der Waals surface area contributed by atoms with Crippen LogP contribution in [0.4, 0.5) is 0 Å². The Morgan fingerprint density at radius 2 is 0.717 bits per heavy atom. The van der Waals surface area contributed by atoms with Crippen molar-refractivity contribution in [2.45, 2.75) is 76.0 Å². The van der Waals surface area contributed by atoms with Crippen molar-refractivity contribution in [2.75, 3.05) is 0 Å². The number of rotatable bonds is 4. The van der Waals surface area contributed by atoms with Crippen LogP contribution in [0.1, 0.15) is 87.2 Å². The fourth-order valence-electron chi connectivity index (χ4n) is 10.7. The molecule has 2 fully saturated rings. The Hall–Kier alpha value is -4.68. The predicted octanol–water partition coefficient (Wildman–Crippen LogP) is 15.1. The molecule has 0 spiro atoms. The van der Waals surface area contributed by atoms with E-state index in [1.807, 2.05) is 0 Å². The topological polar surface area (TPSA) is 0 Å². The van der Waals surface area contributed by atoms with Gasteiger partial charge in [-0.3, -0.25) is 0 Å². The van der Waals surface area contributed by atoms with E-state index >= 15 is 0 Å². The summed E-state index contributed by atoms with van der Waals surface area (Å²) in [7, 11) is 0. The van der Waals surface area contributed by atoms with Crippen LogP contribution in [-0.4, -0.2) is 14.5 Å². The van der Waals surface area contributed by atoms with E-state index in [0.29, 0.717) is 11.8 Å². The molecule has 0 atom stereocenters. The van der Waals surface area contributed by atoms with Gasteiger partial charge in [-0.25, -0.2) is 0 Å². The van der Waals surface area contributed by atoms with Gasteiger partial charge in [-0.1, -0.05) is 0 Å². The van der Waals surface area contributed by atoms with Crippen LogP contribution < -0.4 is 0 Å². The molecule has 0 bridgehead atoms. The second-order valence-corrected chi connectivity index (χ2v) is 18.2. The average molecular weight is 748 g/mol. The summed E-state index contributed by atoms with van der Waals surface area (Å²) >= 11 is 0.266. The van der Waals surface area contributed by atoms with Gasteiger partial charge in [0.1, 0.15) is 0 Å². The van der Waals surface area contributed by atoms with Crippen molar-refractivity contribution < 1.29 is 0 Å². The third-order valence-corrected chi connectivity index (χ3v) is 15.4. The first-order valence-corrected chi connectivity index (χ1v) is 21.9. The summed E-state index contributed by atoms with van der Waals surface area (Å²) in [6, 6.07) is 52.0. The van der Waals surface area contributed by atoms with Gasteiger partial charge < -0.3 is 0 Å². The summed E-state index contributed by atoms with van der Waals surface area (Å²) in [4.78, 5) is 0. The Labute approximate surface area is 318 Å². The van der Waals surface area contributed by atoms with Gasteiger partial charge >= 0.3 is 320 Å². The van der Waals surface area contributed by atoms with E-state index < -0.39 is 0 Å². The zero-order valence-corrected chi connectivity index (χ0v) is 32.0. The average Bonchev–Trinajstić information content (AvgIpc) is 3.59. The van der Waals surface area contributed by atoms with E-state index in [0.717, 1.165) is 0 Å². The number of benzene rings is 8. The summed E-state index contributed by atoms with van der Waals surface area (Å²) in [5.74, 6) is 1.30. The quantitative estimate of drug-likeness (QED) is 0.124. The number of fused-ring (bicyclic) bond motifs is 7. The molecule has 0 aliphatic heterocycles. The SMILES string of the molecule is c1ccc2c(C3CCCCC3)c3ccccc3c(-c3ccc4c(c3)[se]c3ccc(-c5c6ccccc6c(C6CCCCC6)c6ccccc56)cc34)c2c1. The summed E-state index contributed by atoms with van der Waals surface area (Å²) in [6.07, 6.45) is 13.4. The predicted molar refractivity (Wildman–Crippen MR) is 231 cm³/mol. The minimum absolute atomic E-state index is 0.266. The maximum absolute atomic E-state index is 2.55. The zero-order chi connectivity index (χ0) is 34.9. The molecular weight excluding hydrogens is 704 g/mol. The number of hydrogen-bond donors (Lipinski definition) is 0. The fraction of sp³-hybridized carbons (Fsp3) is 0.231. The van der Waals surface area contributed by atoms with E-state index in [1.54, 1.807) is 11.1 Å². The maximum atomic E-state index is 2.55. The molecule has 258 valence electrons. The Bertz CT molecular complexity index is 2740. The summed E-state index contributed by atoms with van der Waals surface area (Å²) in [6.45, 7) is 0. The molecule has 1 aromatic heterocycles. The molecule has 0 radical (unpaired) electrons. The van der Waals surface area contributed by atoms with E-state index in [-0.39, 0.29) is 14.5 Å². The Morgan fingerprint density at radius 3 is 1.17 bits per heavy atom. The van der Waals surface area contributed by atoms with Gasteiger partial charge in [0, 0.05) is 0 Å². The Balaban J connectivity index is 1.09. The van der Waals surface area contributed by atoms with Gasteiger partial charge in [0.25, 0.3) is 0 Å². The third kappa shape index (κ3) is 5.15. The molecule has 8 aromatic carbocycles. The molecule has 2 aliphatic rings. The zero-order valence-electron chi connectivity index (χ0n) is 30.3. The molecule has 11 rings (SSSR count). The molecule has 0 amide bonds. The first kappa shape index (κ1) is 31.8. The van der Waals surface area contributed by atoms with Crippen molar-refractivity contribution in [1.29, 1.82) is 0 Å². The molecule has 0 nitrogen and oxygen atoms in total. The molecule has 53 heavy (non-hydrogen) atoms. The van der Waals surface area contributed by atoms with E-state index in [9.17, 15) is 0 Å². The first-order valence-electron chi connectivity index (χ1n) is 20.2. The van der Waals surface area contributed by atoms with Crippen LogP contribution in [0.15, 0.2) is 133 Å². The molecular formula is C52H44Se. The molecule has 0 N–H and O–H groups in total. The molecule has 0 unspecified atom stereocenters. The number of hydrogen-bond acceptors (Lipinski definition) is 0. The van der Waals surface area contributed by atoms with Crippen LogP contribution in [0.25, 0.3) is 84.6 Å². The standard InChI is InChI=1S/C52H44Se/c1-3-15-33(16-4-1)49-38-19-7-11-23-42(38)51(43-24-12-8-20-39(43)49)35-28-30-47-46(31-35)37-29-27-36(32-48(37)53-47)52-44-25-13-9-21-40(44)50(34-17-5-2-6-18-34)41-22-10-14-26-45(41)52/h7-14,19-34H,1-6,15-18H2. The van der Waals surface area contributed by atoms with Crippen LogP contribution in [0.5, 0.6) is 0 Å². The Morgan fingerprint density at radius 1 is 0.321 bits per heavy atom. The Kier molecular flexibility index (Phi) is 7.81. The summed E-state index contributed by atoms with van der Waals surface area (Å²) in [5.41, 5.74) is 8.69. The minimum atomic E-state index is 0.266. The van der Waals surface area contributed by atoms with Gasteiger partial charge in [-0.05, 0) is 0 Å². The third-order valence-electron chi connectivity index (χ3n) is 13.0. The molecule has 1 heteroatoms. The van der Waals surface area contributed by atoms with Crippen molar-refractivity contribution in [3.8, 4) is 22.3 Å². The van der Waals surface area contributed by atoms with Gasteiger partial charge in [-0.15, -0.1) is 0 Å². The van der Waals surface area contributed by atoms with Gasteiger partial charge in [0.15, 0.2) is 0 Å². The molecule has 2 saturated carbocycles. The van der Waals surface area contributed by atoms with Crippen LogP contribution in [0.2, 0.25) is 0 Å². The first-order chi connectivity index (χ1) is 26.3. The van der Waals surface area contributed by atoms with Gasteiger partial charge in [0.05, 0.1) is 0 Å². The summed E-state index contributed by atoms with van der Waals surface area (Å²) in [5, 5.41) is 14.3. The van der Waals surface area contributed by atoms with Crippen LogP contribution in [0.3, 0.4) is 0 Å². The normalized spacial score (nSPS) is 16.2. The molecule has 0 saturated heterocycles. The van der Waals surface area contributed by atoms with Gasteiger partial charge in [0.2, 0.25) is 0 Å². The molecule has 2 aliphatic carbocycles. The van der Waals surface area contributed by atoms with E-state index in [2.05, 4.69) is 133 Å². The monoisotopic (exact) mass is 748 g/mol. The van der Waals surface area contributed by atoms with Crippen LogP contribution in [-0.2, 0) is 0 Å². The van der Waals surface area contributed by atoms with E-state index in [1.165, 1.54) is 149 Å². The van der Waals surface area contributed by atoms with Crippen molar-refractivity contribution in [3.63, 3.8) is 0 Å². The van der Waals surface area contributed by atoms with Crippen molar-refractivity contribution in [1.82, 2.24) is 0 Å². The van der Waals surface area contributed by atoms with Crippen molar-refractivity contribution in [2.24, 2.45) is 0 Å². The fourth-order valence-corrected chi connectivity index (χ4v) is 13.1. The van der Waals surface area contributed by atoms with E-state index in [4.69, 9.17) is 0 Å². The summed E-state index contributed by atoms with van der Waals surface area (Å²) < 4.78 is 3.01. The van der Waals surface area contributed by atoms with Crippen LogP contribution >= 0.6 is 0 Å².